The Bertz CT molecular complexity index is 1690. The van der Waals surface area contributed by atoms with Crippen LogP contribution in [0.1, 0.15) is 56.6 Å². The minimum Gasteiger partial charge on any atom is -0.298 e. The van der Waals surface area contributed by atoms with Gasteiger partial charge in [0.05, 0.1) is 10.9 Å². The van der Waals surface area contributed by atoms with Crippen molar-refractivity contribution in [1.82, 2.24) is 20.1 Å². The van der Waals surface area contributed by atoms with Crippen molar-refractivity contribution in [2.24, 2.45) is 0 Å². The van der Waals surface area contributed by atoms with E-state index < -0.39 is 20.9 Å². The molecule has 3 aliphatic rings. The second-order valence-electron chi connectivity index (χ2n) is 11.8. The molecule has 1 unspecified atom stereocenters. The smallest absolute Gasteiger partial charge is 0.184 e. The monoisotopic (exact) mass is 544 g/mol. The lowest BCUT2D eigenvalue weighted by Gasteiger charge is -2.38. The summed E-state index contributed by atoms with van der Waals surface area (Å²) in [5, 5.41) is 7.64. The lowest BCUT2D eigenvalue weighted by Crippen LogP contribution is -2.44. The van der Waals surface area contributed by atoms with Gasteiger partial charge in [0.15, 0.2) is 15.5 Å². The molecule has 2 aliphatic carbocycles. The molecular formula is C31H33FN4O2S. The number of aromatic nitrogens is 3. The molecule has 7 rings (SSSR count). The van der Waals surface area contributed by atoms with Crippen LogP contribution in [-0.2, 0) is 22.7 Å². The first-order chi connectivity index (χ1) is 18.8. The molecule has 0 bridgehead atoms. The first-order valence-corrected chi connectivity index (χ1v) is 15.6. The molecular weight excluding hydrogens is 511 g/mol. The number of benzene rings is 2. The second-order valence-corrected chi connectivity index (χ2v) is 14.0. The molecule has 2 aromatic heterocycles. The van der Waals surface area contributed by atoms with E-state index in [4.69, 9.17) is 0 Å². The molecule has 1 saturated carbocycles. The number of aryl methyl sites for hydroxylation is 2. The zero-order chi connectivity index (χ0) is 26.8. The van der Waals surface area contributed by atoms with Crippen molar-refractivity contribution in [1.29, 1.82) is 0 Å². The van der Waals surface area contributed by atoms with Crippen LogP contribution in [0.2, 0.25) is 0 Å². The van der Waals surface area contributed by atoms with Crippen LogP contribution in [0.3, 0.4) is 0 Å². The van der Waals surface area contributed by atoms with Crippen LogP contribution < -0.4 is 0 Å². The molecule has 1 saturated heterocycles. The Morgan fingerprint density at radius 3 is 2.44 bits per heavy atom. The fourth-order valence-electron chi connectivity index (χ4n) is 6.51. The number of aromatic amines is 1. The van der Waals surface area contributed by atoms with Gasteiger partial charge in [0.2, 0.25) is 0 Å². The van der Waals surface area contributed by atoms with Crippen LogP contribution >= 0.6 is 0 Å². The highest BCUT2D eigenvalue weighted by Gasteiger charge is 2.38. The fraction of sp³-hybridized carbons (Fsp3) is 0.419. The first-order valence-electron chi connectivity index (χ1n) is 14.1. The zero-order valence-electron chi connectivity index (χ0n) is 22.2. The third kappa shape index (κ3) is 4.38. The van der Waals surface area contributed by atoms with Crippen molar-refractivity contribution in [2.75, 3.05) is 13.1 Å². The number of pyridine rings is 1. The molecule has 1 atom stereocenters. The van der Waals surface area contributed by atoms with Crippen LogP contribution in [-0.4, -0.2) is 52.4 Å². The number of rotatable bonds is 5. The third-order valence-corrected chi connectivity index (χ3v) is 11.5. The molecule has 202 valence electrons. The number of H-pyrrole nitrogens is 1. The number of likely N-dealkylation sites (tertiary alicyclic amines) is 1. The Morgan fingerprint density at radius 2 is 1.69 bits per heavy atom. The van der Waals surface area contributed by atoms with Gasteiger partial charge in [0.25, 0.3) is 0 Å². The van der Waals surface area contributed by atoms with Gasteiger partial charge in [-0.15, -0.1) is 0 Å². The minimum absolute atomic E-state index is 0.220. The topological polar surface area (TPSA) is 79.0 Å². The Kier molecular flexibility index (Phi) is 5.90. The summed E-state index contributed by atoms with van der Waals surface area (Å²) < 4.78 is 40.1. The van der Waals surface area contributed by atoms with E-state index in [1.54, 1.807) is 6.07 Å². The van der Waals surface area contributed by atoms with E-state index in [1.807, 2.05) is 12.3 Å². The van der Waals surface area contributed by atoms with Gasteiger partial charge >= 0.3 is 0 Å². The lowest BCUT2D eigenvalue weighted by atomic mass is 9.90. The minimum atomic E-state index is -3.61. The Morgan fingerprint density at radius 1 is 0.949 bits per heavy atom. The predicted molar refractivity (Wildman–Crippen MR) is 151 cm³/mol. The van der Waals surface area contributed by atoms with Crippen molar-refractivity contribution in [3.8, 4) is 22.4 Å². The molecule has 6 nitrogen and oxygen atoms in total. The van der Waals surface area contributed by atoms with Gasteiger partial charge in [-0.25, -0.2) is 17.8 Å². The normalized spacial score (nSPS) is 22.2. The third-order valence-electron chi connectivity index (χ3n) is 9.17. The molecule has 2 fully saturated rings. The summed E-state index contributed by atoms with van der Waals surface area (Å²) in [7, 11) is -3.61. The molecule has 8 heteroatoms. The molecule has 0 amide bonds. The largest absolute Gasteiger partial charge is 0.298 e. The maximum atomic E-state index is 15.0. The second kappa shape index (κ2) is 9.24. The average Bonchev–Trinajstić information content (AvgIpc) is 3.54. The summed E-state index contributed by atoms with van der Waals surface area (Å²) in [5.74, 6) is -0.724. The van der Waals surface area contributed by atoms with Crippen molar-refractivity contribution >= 4 is 20.9 Å². The van der Waals surface area contributed by atoms with Gasteiger partial charge in [-0.1, -0.05) is 24.3 Å². The molecule has 3 heterocycles. The van der Waals surface area contributed by atoms with Gasteiger partial charge in [0, 0.05) is 28.2 Å². The maximum absolute atomic E-state index is 15.0. The van der Waals surface area contributed by atoms with Crippen LogP contribution in [0, 0.1) is 5.82 Å². The van der Waals surface area contributed by atoms with E-state index >= 15 is 0 Å². The number of nitrogens with one attached hydrogen (secondary N) is 1. The molecule has 2 aromatic carbocycles. The van der Waals surface area contributed by atoms with E-state index in [-0.39, 0.29) is 10.4 Å². The number of fused-ring (bicyclic) bond motifs is 2. The summed E-state index contributed by atoms with van der Waals surface area (Å²) in [6, 6.07) is 13.1. The molecule has 1 aliphatic heterocycles. The molecule has 4 aromatic rings. The average molecular weight is 545 g/mol. The van der Waals surface area contributed by atoms with Gasteiger partial charge in [-0.3, -0.25) is 10.00 Å². The highest BCUT2D eigenvalue weighted by atomic mass is 32.2. The summed E-state index contributed by atoms with van der Waals surface area (Å²) >= 11 is 0. The first kappa shape index (κ1) is 24.9. The number of nitrogens with zero attached hydrogens (tertiary/aromatic N) is 3. The number of hydrogen-bond acceptors (Lipinski definition) is 5. The van der Waals surface area contributed by atoms with Crippen molar-refractivity contribution in [3.63, 3.8) is 0 Å². The highest BCUT2D eigenvalue weighted by molar-refractivity contribution is 7.92. The van der Waals surface area contributed by atoms with E-state index in [1.165, 1.54) is 62.0 Å². The van der Waals surface area contributed by atoms with Crippen LogP contribution in [0.25, 0.3) is 33.4 Å². The van der Waals surface area contributed by atoms with Gasteiger partial charge in [-0.2, -0.15) is 5.10 Å². The Balaban J connectivity index is 1.20. The standard InChI is InChI=1S/C31H33FN4O2S/c1-31(36-14-2-3-15-36)12-10-20-4-5-21(16-22(20)11-13-31)24-17-26-29(34-35-30(26)33-19-24)23-6-9-28(27(32)18-23)39(37,38)25-7-8-25/h4-6,9,16-19,25H,2-3,7-8,10-15H2,1H3,(H,33,34,35). The van der Waals surface area contributed by atoms with E-state index in [2.05, 4.69) is 45.2 Å². The predicted octanol–water partition coefficient (Wildman–Crippen LogP) is 6.10. The molecule has 39 heavy (non-hydrogen) atoms. The van der Waals surface area contributed by atoms with Gasteiger partial charge < -0.3 is 0 Å². The van der Waals surface area contributed by atoms with Crippen molar-refractivity contribution in [3.05, 3.63) is 65.6 Å². The SMILES string of the molecule is CC1(N2CCCC2)CCc2ccc(-c3cnc4n[nH]c(-c5ccc(S(=O)(=O)C6CC6)c(F)c5)c4c3)cc2CC1. The maximum Gasteiger partial charge on any atom is 0.184 e. The lowest BCUT2D eigenvalue weighted by molar-refractivity contribution is 0.118. The molecule has 0 radical (unpaired) electrons. The molecule has 1 N–H and O–H groups in total. The summed E-state index contributed by atoms with van der Waals surface area (Å²) in [6.07, 6.45) is 10.2. The van der Waals surface area contributed by atoms with Crippen molar-refractivity contribution in [2.45, 2.75) is 74.0 Å². The quantitative estimate of drug-likeness (QED) is 0.307. The number of sulfone groups is 1. The van der Waals surface area contributed by atoms with E-state index in [0.717, 1.165) is 29.4 Å². The van der Waals surface area contributed by atoms with E-state index in [0.29, 0.717) is 29.7 Å². The fourth-order valence-corrected chi connectivity index (χ4v) is 8.22. The summed E-state index contributed by atoms with van der Waals surface area (Å²) in [4.78, 5) is 7.06. The molecule has 0 spiro atoms. The van der Waals surface area contributed by atoms with Crippen molar-refractivity contribution < 1.29 is 12.8 Å². The zero-order valence-corrected chi connectivity index (χ0v) is 23.0. The van der Waals surface area contributed by atoms with Crippen LogP contribution in [0.5, 0.6) is 0 Å². The van der Waals surface area contributed by atoms with Gasteiger partial charge in [0.1, 0.15) is 10.7 Å². The number of hydrogen-bond donors (Lipinski definition) is 1. The Labute approximate surface area is 228 Å². The summed E-state index contributed by atoms with van der Waals surface area (Å²) in [6.45, 7) is 4.89. The van der Waals surface area contributed by atoms with E-state index in [9.17, 15) is 12.8 Å². The summed E-state index contributed by atoms with van der Waals surface area (Å²) in [5.41, 5.74) is 6.93. The van der Waals surface area contributed by atoms with Gasteiger partial charge in [-0.05, 0) is 106 Å². The highest BCUT2D eigenvalue weighted by Crippen LogP contribution is 2.38. The van der Waals surface area contributed by atoms with Crippen LogP contribution in [0.15, 0.2) is 53.6 Å². The van der Waals surface area contributed by atoms with Crippen LogP contribution in [0.4, 0.5) is 4.39 Å². The number of halogens is 1. The Hall–Kier alpha value is -3.10.